The summed E-state index contributed by atoms with van der Waals surface area (Å²) in [7, 11) is 0. The van der Waals surface area contributed by atoms with E-state index >= 15 is 0 Å². The van der Waals surface area contributed by atoms with Gasteiger partial charge in [-0.1, -0.05) is 23.2 Å². The van der Waals surface area contributed by atoms with Crippen molar-refractivity contribution >= 4 is 63.4 Å². The molecule has 9 nitrogen and oxygen atoms in total. The number of nitrogen functional groups attached to an aromatic ring is 1. The molecule has 38 heavy (non-hydrogen) atoms. The van der Waals surface area contributed by atoms with Gasteiger partial charge < -0.3 is 15.4 Å². The molecule has 1 unspecified atom stereocenters. The van der Waals surface area contributed by atoms with Gasteiger partial charge in [-0.25, -0.2) is 19.3 Å². The number of hydrogen-bond acceptors (Lipinski definition) is 9. The fourth-order valence-electron chi connectivity index (χ4n) is 4.73. The van der Waals surface area contributed by atoms with Crippen molar-refractivity contribution in [1.29, 1.82) is 0 Å². The van der Waals surface area contributed by atoms with Crippen LogP contribution >= 0.6 is 34.5 Å². The van der Waals surface area contributed by atoms with Crippen LogP contribution in [-0.2, 0) is 11.2 Å². The molecule has 12 heteroatoms. The third kappa shape index (κ3) is 5.34. The molecule has 0 aliphatic carbocycles. The van der Waals surface area contributed by atoms with Crippen molar-refractivity contribution in [2.75, 3.05) is 30.3 Å². The summed E-state index contributed by atoms with van der Waals surface area (Å²) in [5.74, 6) is 0.716. The van der Waals surface area contributed by atoms with Crippen LogP contribution in [0.3, 0.4) is 0 Å². The van der Waals surface area contributed by atoms with E-state index in [9.17, 15) is 9.59 Å². The Morgan fingerprint density at radius 1 is 1.24 bits per heavy atom. The van der Waals surface area contributed by atoms with E-state index in [1.54, 1.807) is 35.8 Å². The number of Topliss-reactive ketones (excluding diaryl/α,β-unsaturated/α-hetero) is 1. The summed E-state index contributed by atoms with van der Waals surface area (Å²) in [4.78, 5) is 36.4. The molecule has 5 rings (SSSR count). The molecule has 1 saturated heterocycles. The number of aromatic nitrogens is 4. The Morgan fingerprint density at radius 3 is 2.76 bits per heavy atom. The Balaban J connectivity index is 1.52. The van der Waals surface area contributed by atoms with Gasteiger partial charge in [-0.3, -0.25) is 4.79 Å². The number of rotatable bonds is 7. The predicted molar refractivity (Wildman–Crippen MR) is 150 cm³/mol. The average molecular weight is 574 g/mol. The Morgan fingerprint density at radius 2 is 2.05 bits per heavy atom. The van der Waals surface area contributed by atoms with Gasteiger partial charge in [-0.2, -0.15) is 5.10 Å². The zero-order valence-electron chi connectivity index (χ0n) is 20.9. The molecule has 0 bridgehead atoms. The zero-order valence-corrected chi connectivity index (χ0v) is 23.2. The Bertz CT molecular complexity index is 1530. The van der Waals surface area contributed by atoms with Gasteiger partial charge in [0, 0.05) is 43.1 Å². The normalized spacial score (nSPS) is 15.7. The number of ether oxygens (including phenoxy) is 1. The maximum atomic E-state index is 12.5. The van der Waals surface area contributed by atoms with Crippen molar-refractivity contribution in [1.82, 2.24) is 19.6 Å². The highest BCUT2D eigenvalue weighted by molar-refractivity contribution is 7.14. The first-order chi connectivity index (χ1) is 18.2. The van der Waals surface area contributed by atoms with E-state index in [1.165, 1.54) is 18.3 Å². The number of nitrogens with two attached hydrogens (primary N) is 1. The van der Waals surface area contributed by atoms with Crippen LogP contribution in [0.1, 0.15) is 51.9 Å². The molecule has 0 radical (unpaired) electrons. The Hall–Kier alpha value is -3.21. The predicted octanol–water partition coefficient (Wildman–Crippen LogP) is 5.58. The fourth-order valence-corrected chi connectivity index (χ4v) is 6.23. The first-order valence-electron chi connectivity index (χ1n) is 12.3. The standard InChI is InChI=1S/C26H26Cl2N6O3S/c1-3-37-26(36)19-11-21-25(30-20(13-34(21)32-19)17-7-6-16(27)10-18(17)28)33-8-4-5-15(12-33)9-22-31-24(29)23(38-22)14(2)35/h6-7,10-11,13,15H,3-5,8-9,12,29H2,1-2H3. The maximum absolute atomic E-state index is 12.5. The number of ketones is 1. The lowest BCUT2D eigenvalue weighted by atomic mass is 9.95. The summed E-state index contributed by atoms with van der Waals surface area (Å²) in [6, 6.07) is 6.95. The average Bonchev–Trinajstić information content (AvgIpc) is 3.47. The number of fused-ring (bicyclic) bond motifs is 1. The van der Waals surface area contributed by atoms with Crippen LogP contribution in [0, 0.1) is 5.92 Å². The van der Waals surface area contributed by atoms with E-state index in [-0.39, 0.29) is 24.0 Å². The van der Waals surface area contributed by atoms with E-state index < -0.39 is 5.97 Å². The molecule has 2 N–H and O–H groups in total. The highest BCUT2D eigenvalue weighted by Gasteiger charge is 2.27. The summed E-state index contributed by atoms with van der Waals surface area (Å²) in [5, 5.41) is 6.33. The van der Waals surface area contributed by atoms with Gasteiger partial charge in [-0.05, 0) is 43.9 Å². The van der Waals surface area contributed by atoms with E-state index in [4.69, 9.17) is 38.7 Å². The molecule has 4 heterocycles. The minimum Gasteiger partial charge on any atom is -0.461 e. The van der Waals surface area contributed by atoms with Gasteiger partial charge in [0.2, 0.25) is 0 Å². The van der Waals surface area contributed by atoms with Crippen molar-refractivity contribution < 1.29 is 14.3 Å². The Labute approximate surface area is 233 Å². The fraction of sp³-hybridized carbons (Fsp3) is 0.346. The lowest BCUT2D eigenvalue weighted by Crippen LogP contribution is -2.37. The molecule has 0 saturated carbocycles. The molecule has 1 aromatic carbocycles. The largest absolute Gasteiger partial charge is 0.461 e. The van der Waals surface area contributed by atoms with Gasteiger partial charge in [0.05, 0.1) is 28.5 Å². The number of nitrogens with zero attached hydrogens (tertiary/aromatic N) is 5. The number of anilines is 2. The van der Waals surface area contributed by atoms with Crippen molar-refractivity contribution in [3.8, 4) is 11.3 Å². The number of carbonyl (C=O) groups is 2. The van der Waals surface area contributed by atoms with Crippen LogP contribution in [0.2, 0.25) is 10.0 Å². The smallest absolute Gasteiger partial charge is 0.358 e. The van der Waals surface area contributed by atoms with E-state index in [1.807, 2.05) is 6.07 Å². The number of piperidine rings is 1. The molecule has 1 fully saturated rings. The van der Waals surface area contributed by atoms with Crippen LogP contribution in [0.4, 0.5) is 11.6 Å². The number of thiazole rings is 1. The maximum Gasteiger partial charge on any atom is 0.358 e. The molecular weight excluding hydrogens is 547 g/mol. The second-order valence-corrected chi connectivity index (χ2v) is 11.1. The topological polar surface area (TPSA) is 116 Å². The van der Waals surface area contributed by atoms with Gasteiger partial charge >= 0.3 is 5.97 Å². The van der Waals surface area contributed by atoms with Gasteiger partial charge in [0.25, 0.3) is 0 Å². The third-order valence-corrected chi connectivity index (χ3v) is 8.17. The van der Waals surface area contributed by atoms with Crippen molar-refractivity contribution in [3.63, 3.8) is 0 Å². The molecular formula is C26H26Cl2N6O3S. The minimum absolute atomic E-state index is 0.0704. The number of halogens is 2. The highest BCUT2D eigenvalue weighted by Crippen LogP contribution is 2.34. The monoisotopic (exact) mass is 572 g/mol. The summed E-state index contributed by atoms with van der Waals surface area (Å²) >= 11 is 14.0. The van der Waals surface area contributed by atoms with Crippen LogP contribution in [0.25, 0.3) is 16.8 Å². The minimum atomic E-state index is -0.493. The van der Waals surface area contributed by atoms with Gasteiger partial charge in [0.1, 0.15) is 16.2 Å². The molecule has 198 valence electrons. The van der Waals surface area contributed by atoms with E-state index in [0.717, 1.165) is 30.9 Å². The van der Waals surface area contributed by atoms with Crippen molar-refractivity contribution in [3.05, 3.63) is 56.1 Å². The molecule has 3 aromatic heterocycles. The van der Waals surface area contributed by atoms with Crippen molar-refractivity contribution in [2.24, 2.45) is 5.92 Å². The van der Waals surface area contributed by atoms with Crippen LogP contribution in [0.5, 0.6) is 0 Å². The molecule has 1 atom stereocenters. The first kappa shape index (κ1) is 26.4. The van der Waals surface area contributed by atoms with Crippen molar-refractivity contribution in [2.45, 2.75) is 33.1 Å². The van der Waals surface area contributed by atoms with Crippen LogP contribution < -0.4 is 10.6 Å². The number of esters is 1. The molecule has 1 aliphatic heterocycles. The highest BCUT2D eigenvalue weighted by atomic mass is 35.5. The lowest BCUT2D eigenvalue weighted by molar-refractivity contribution is 0.0519. The SMILES string of the molecule is CCOC(=O)c1cc2c(N3CCCC(Cc4nc(N)c(C(C)=O)s4)C3)nc(-c3ccc(Cl)cc3Cl)cn2n1. The second kappa shape index (κ2) is 10.9. The van der Waals surface area contributed by atoms with Crippen LogP contribution in [-0.4, -0.2) is 51.0 Å². The number of carbonyl (C=O) groups excluding carboxylic acids is 2. The first-order valence-corrected chi connectivity index (χ1v) is 13.8. The molecule has 1 aliphatic rings. The number of hydrogen-bond donors (Lipinski definition) is 1. The third-order valence-electron chi connectivity index (χ3n) is 6.43. The summed E-state index contributed by atoms with van der Waals surface area (Å²) < 4.78 is 6.83. The zero-order chi connectivity index (χ0) is 27.0. The summed E-state index contributed by atoms with van der Waals surface area (Å²) in [6.45, 7) is 5.02. The molecule has 0 amide bonds. The van der Waals surface area contributed by atoms with E-state index in [0.29, 0.717) is 49.8 Å². The van der Waals surface area contributed by atoms with E-state index in [2.05, 4.69) is 15.0 Å². The quantitative estimate of drug-likeness (QED) is 0.225. The second-order valence-electron chi connectivity index (χ2n) is 9.19. The molecule has 4 aromatic rings. The number of benzene rings is 1. The van der Waals surface area contributed by atoms with Gasteiger partial charge in [0.15, 0.2) is 17.3 Å². The lowest BCUT2D eigenvalue weighted by Gasteiger charge is -2.33. The Kier molecular flexibility index (Phi) is 7.56. The van der Waals surface area contributed by atoms with Gasteiger partial charge in [-0.15, -0.1) is 11.3 Å². The summed E-state index contributed by atoms with van der Waals surface area (Å²) in [5.41, 5.74) is 8.17. The summed E-state index contributed by atoms with van der Waals surface area (Å²) in [6.07, 6.45) is 4.42. The van der Waals surface area contributed by atoms with Crippen LogP contribution in [0.15, 0.2) is 30.5 Å². The molecule has 0 spiro atoms.